The molecule has 0 amide bonds. The lowest BCUT2D eigenvalue weighted by Crippen LogP contribution is -2.00. The van der Waals surface area contributed by atoms with E-state index in [-0.39, 0.29) is 5.97 Å². The molecule has 0 aliphatic rings. The molecule has 1 aromatic heterocycles. The number of H-pyrrole nitrogens is 1. The van der Waals surface area contributed by atoms with Crippen molar-refractivity contribution in [3.8, 4) is 5.75 Å². The third-order valence-electron chi connectivity index (χ3n) is 1.94. The van der Waals surface area contributed by atoms with Gasteiger partial charge in [0.2, 0.25) is 0 Å². The Morgan fingerprint density at radius 2 is 2.00 bits per heavy atom. The maximum atomic E-state index is 10.8. The fourth-order valence-corrected chi connectivity index (χ4v) is 1.66. The number of rotatable bonds is 1. The lowest BCUT2D eigenvalue weighted by atomic mass is 10.2. The van der Waals surface area contributed by atoms with Crippen LogP contribution in [0.2, 0.25) is 10.0 Å². The number of esters is 1. The third kappa shape index (κ3) is 1.94. The molecule has 0 aliphatic carbocycles. The van der Waals surface area contributed by atoms with Crippen LogP contribution in [0.1, 0.15) is 6.92 Å². The van der Waals surface area contributed by atoms with E-state index < -0.39 is 0 Å². The maximum absolute atomic E-state index is 10.8. The highest BCUT2D eigenvalue weighted by atomic mass is 35.5. The van der Waals surface area contributed by atoms with E-state index in [0.29, 0.717) is 15.8 Å². The molecule has 3 nitrogen and oxygen atoms in total. The van der Waals surface area contributed by atoms with Crippen LogP contribution in [0.5, 0.6) is 5.75 Å². The Balaban J connectivity index is 2.59. The van der Waals surface area contributed by atoms with Gasteiger partial charge in [0.05, 0.1) is 15.6 Å². The van der Waals surface area contributed by atoms with Gasteiger partial charge in [0.1, 0.15) is 0 Å². The standard InChI is InChI=1S/C10H7Cl2NO2/c1-5(14)15-10-4-13-9-3-8(12)7(11)2-6(9)10/h2-4,13H,1H3. The van der Waals surface area contributed by atoms with Crippen LogP contribution < -0.4 is 4.74 Å². The molecule has 0 bridgehead atoms. The Morgan fingerprint density at radius 1 is 1.33 bits per heavy atom. The summed E-state index contributed by atoms with van der Waals surface area (Å²) in [5, 5.41) is 1.62. The Bertz CT molecular complexity index is 533. The monoisotopic (exact) mass is 243 g/mol. The average molecular weight is 244 g/mol. The lowest BCUT2D eigenvalue weighted by Gasteiger charge is -1.99. The topological polar surface area (TPSA) is 42.1 Å². The molecule has 0 saturated heterocycles. The molecule has 2 rings (SSSR count). The number of hydrogen-bond donors (Lipinski definition) is 1. The van der Waals surface area contributed by atoms with Gasteiger partial charge in [0.15, 0.2) is 5.75 Å². The maximum Gasteiger partial charge on any atom is 0.308 e. The Labute approximate surface area is 95.9 Å². The number of benzene rings is 1. The quantitative estimate of drug-likeness (QED) is 0.781. The highest BCUT2D eigenvalue weighted by Crippen LogP contribution is 2.32. The predicted octanol–water partition coefficient (Wildman–Crippen LogP) is 3.40. The van der Waals surface area contributed by atoms with Gasteiger partial charge in [-0.1, -0.05) is 23.2 Å². The zero-order chi connectivity index (χ0) is 11.0. The van der Waals surface area contributed by atoms with Crippen molar-refractivity contribution in [1.29, 1.82) is 0 Å². The third-order valence-corrected chi connectivity index (χ3v) is 2.66. The van der Waals surface area contributed by atoms with Crippen LogP contribution >= 0.6 is 23.2 Å². The highest BCUT2D eigenvalue weighted by molar-refractivity contribution is 6.42. The van der Waals surface area contributed by atoms with Crippen LogP contribution in [-0.4, -0.2) is 11.0 Å². The second-order valence-corrected chi connectivity index (χ2v) is 3.87. The minimum atomic E-state index is -0.373. The predicted molar refractivity (Wildman–Crippen MR) is 59.6 cm³/mol. The lowest BCUT2D eigenvalue weighted by molar-refractivity contribution is -0.131. The molecule has 1 heterocycles. The van der Waals surface area contributed by atoms with Gasteiger partial charge < -0.3 is 9.72 Å². The van der Waals surface area contributed by atoms with Gasteiger partial charge in [-0.3, -0.25) is 4.79 Å². The largest absolute Gasteiger partial charge is 0.424 e. The first-order valence-corrected chi connectivity index (χ1v) is 4.98. The number of carbonyl (C=O) groups excluding carboxylic acids is 1. The van der Waals surface area contributed by atoms with Gasteiger partial charge in [0.25, 0.3) is 0 Å². The first-order chi connectivity index (χ1) is 7.08. The van der Waals surface area contributed by atoms with Gasteiger partial charge >= 0.3 is 5.97 Å². The fraction of sp³-hybridized carbons (Fsp3) is 0.100. The molecular formula is C10H7Cl2NO2. The number of ether oxygens (including phenoxy) is 1. The number of fused-ring (bicyclic) bond motifs is 1. The van der Waals surface area contributed by atoms with Gasteiger partial charge in [-0.15, -0.1) is 0 Å². The first kappa shape index (κ1) is 10.3. The van der Waals surface area contributed by atoms with Crippen LogP contribution in [0.3, 0.4) is 0 Å². The number of hydrogen-bond acceptors (Lipinski definition) is 2. The second-order valence-electron chi connectivity index (χ2n) is 3.06. The van der Waals surface area contributed by atoms with E-state index in [1.54, 1.807) is 18.3 Å². The second kappa shape index (κ2) is 3.76. The van der Waals surface area contributed by atoms with Crippen LogP contribution in [0.4, 0.5) is 0 Å². The van der Waals surface area contributed by atoms with E-state index in [1.165, 1.54) is 6.92 Å². The molecule has 0 spiro atoms. The molecule has 0 fully saturated rings. The van der Waals surface area contributed by atoms with Gasteiger partial charge in [-0.25, -0.2) is 0 Å². The molecule has 0 saturated carbocycles. The molecule has 15 heavy (non-hydrogen) atoms. The number of aromatic amines is 1. The van der Waals surface area contributed by atoms with Crippen LogP contribution in [-0.2, 0) is 4.79 Å². The molecular weight excluding hydrogens is 237 g/mol. The van der Waals surface area contributed by atoms with Crippen molar-refractivity contribution in [2.75, 3.05) is 0 Å². The summed E-state index contributed by atoms with van der Waals surface area (Å²) in [7, 11) is 0. The summed E-state index contributed by atoms with van der Waals surface area (Å²) in [5.74, 6) is 0.0815. The van der Waals surface area contributed by atoms with E-state index in [4.69, 9.17) is 27.9 Å². The van der Waals surface area contributed by atoms with E-state index >= 15 is 0 Å². The summed E-state index contributed by atoms with van der Waals surface area (Å²) in [5.41, 5.74) is 0.778. The molecule has 0 radical (unpaired) electrons. The van der Waals surface area contributed by atoms with Crippen LogP contribution in [0.15, 0.2) is 18.3 Å². The average Bonchev–Trinajstić information content (AvgIpc) is 2.49. The fourth-order valence-electron chi connectivity index (χ4n) is 1.33. The molecule has 1 N–H and O–H groups in total. The number of nitrogens with one attached hydrogen (secondary N) is 1. The Hall–Kier alpha value is -1.19. The van der Waals surface area contributed by atoms with Crippen molar-refractivity contribution in [3.05, 3.63) is 28.4 Å². The summed E-state index contributed by atoms with van der Waals surface area (Å²) in [4.78, 5) is 13.8. The normalized spacial score (nSPS) is 10.6. The minimum Gasteiger partial charge on any atom is -0.424 e. The zero-order valence-corrected chi connectivity index (χ0v) is 9.32. The van der Waals surface area contributed by atoms with Crippen LogP contribution in [0, 0.1) is 0 Å². The van der Waals surface area contributed by atoms with Crippen molar-refractivity contribution in [3.63, 3.8) is 0 Å². The number of halogens is 2. The smallest absolute Gasteiger partial charge is 0.308 e. The molecule has 78 valence electrons. The minimum absolute atomic E-state index is 0.373. The van der Waals surface area contributed by atoms with Gasteiger partial charge in [-0.2, -0.15) is 0 Å². The zero-order valence-electron chi connectivity index (χ0n) is 7.80. The number of carbonyl (C=O) groups is 1. The van der Waals surface area contributed by atoms with Gasteiger partial charge in [0, 0.05) is 18.5 Å². The highest BCUT2D eigenvalue weighted by Gasteiger charge is 2.09. The van der Waals surface area contributed by atoms with Crippen molar-refractivity contribution in [1.82, 2.24) is 4.98 Å². The summed E-state index contributed by atoms with van der Waals surface area (Å²) in [6, 6.07) is 3.35. The SMILES string of the molecule is CC(=O)Oc1c[nH]c2cc(Cl)c(Cl)cc12. The summed E-state index contributed by atoms with van der Waals surface area (Å²) < 4.78 is 4.99. The van der Waals surface area contributed by atoms with Crippen molar-refractivity contribution in [2.24, 2.45) is 0 Å². The van der Waals surface area contributed by atoms with E-state index in [0.717, 1.165) is 10.9 Å². The van der Waals surface area contributed by atoms with Crippen molar-refractivity contribution >= 4 is 40.1 Å². The number of aromatic nitrogens is 1. The molecule has 0 atom stereocenters. The summed E-state index contributed by atoms with van der Waals surface area (Å²) in [6.45, 7) is 1.34. The van der Waals surface area contributed by atoms with Gasteiger partial charge in [-0.05, 0) is 12.1 Å². The van der Waals surface area contributed by atoms with Crippen molar-refractivity contribution in [2.45, 2.75) is 6.92 Å². The molecule has 0 unspecified atom stereocenters. The summed E-state index contributed by atoms with van der Waals surface area (Å²) >= 11 is 11.7. The first-order valence-electron chi connectivity index (χ1n) is 4.22. The van der Waals surface area contributed by atoms with Crippen LogP contribution in [0.25, 0.3) is 10.9 Å². The molecule has 5 heteroatoms. The molecule has 1 aromatic carbocycles. The Morgan fingerprint density at radius 3 is 2.67 bits per heavy atom. The Kier molecular flexibility index (Phi) is 2.59. The van der Waals surface area contributed by atoms with E-state index in [1.807, 2.05) is 0 Å². The van der Waals surface area contributed by atoms with E-state index in [9.17, 15) is 4.79 Å². The molecule has 2 aromatic rings. The van der Waals surface area contributed by atoms with E-state index in [2.05, 4.69) is 4.98 Å². The molecule has 0 aliphatic heterocycles. The van der Waals surface area contributed by atoms with Crippen molar-refractivity contribution < 1.29 is 9.53 Å². The summed E-state index contributed by atoms with van der Waals surface area (Å²) in [6.07, 6.45) is 1.60.